The first kappa shape index (κ1) is 10.4. The van der Waals surface area contributed by atoms with Crippen LogP contribution in [0.1, 0.15) is 6.92 Å². The van der Waals surface area contributed by atoms with Gasteiger partial charge in [-0.15, -0.1) is 0 Å². The average Bonchev–Trinajstić information content (AvgIpc) is 2.08. The van der Waals surface area contributed by atoms with Crippen LogP contribution in [0, 0.1) is 5.41 Å². The molecule has 4 N–H and O–H groups in total. The standard InChI is InChI=1S/C7H14O4/c1-6(2-8)7(3-9,4-10)5-11/h2,8-11H,3-5H2,1H3/b6-2+. The van der Waals surface area contributed by atoms with Crippen molar-refractivity contribution in [1.82, 2.24) is 0 Å². The molecule has 0 aromatic heterocycles. The molecule has 0 bridgehead atoms. The van der Waals surface area contributed by atoms with E-state index in [0.717, 1.165) is 6.26 Å². The van der Waals surface area contributed by atoms with E-state index in [1.165, 1.54) is 6.92 Å². The Hall–Kier alpha value is -0.580. The minimum absolute atomic E-state index is 0.366. The summed E-state index contributed by atoms with van der Waals surface area (Å²) < 4.78 is 0. The van der Waals surface area contributed by atoms with Crippen molar-refractivity contribution in [3.05, 3.63) is 11.8 Å². The molecule has 0 atom stereocenters. The van der Waals surface area contributed by atoms with Gasteiger partial charge >= 0.3 is 0 Å². The number of hydrogen-bond acceptors (Lipinski definition) is 4. The second-order valence-corrected chi connectivity index (χ2v) is 2.57. The van der Waals surface area contributed by atoms with Crippen molar-refractivity contribution in [2.45, 2.75) is 6.92 Å². The highest BCUT2D eigenvalue weighted by atomic mass is 16.3. The van der Waals surface area contributed by atoms with E-state index in [1.807, 2.05) is 0 Å². The molecule has 0 aromatic carbocycles. The summed E-state index contributed by atoms with van der Waals surface area (Å²) in [5.74, 6) is 0. The van der Waals surface area contributed by atoms with Gasteiger partial charge < -0.3 is 20.4 Å². The summed E-state index contributed by atoms with van der Waals surface area (Å²) in [4.78, 5) is 0. The Kier molecular flexibility index (Phi) is 4.10. The van der Waals surface area contributed by atoms with Gasteiger partial charge in [0.15, 0.2) is 0 Å². The van der Waals surface area contributed by atoms with Crippen LogP contribution < -0.4 is 0 Å². The average molecular weight is 162 g/mol. The zero-order valence-corrected chi connectivity index (χ0v) is 6.49. The molecule has 0 rings (SSSR count). The maximum Gasteiger partial charge on any atom is 0.0789 e. The van der Waals surface area contributed by atoms with Crippen LogP contribution in [0.2, 0.25) is 0 Å². The van der Waals surface area contributed by atoms with Crippen LogP contribution in [0.3, 0.4) is 0 Å². The lowest BCUT2D eigenvalue weighted by molar-refractivity contribution is 0.0316. The van der Waals surface area contributed by atoms with Crippen molar-refractivity contribution in [3.63, 3.8) is 0 Å². The molecule has 0 heterocycles. The number of rotatable bonds is 4. The fourth-order valence-electron chi connectivity index (χ4n) is 0.661. The Bertz CT molecular complexity index is 129. The van der Waals surface area contributed by atoms with E-state index in [1.54, 1.807) is 0 Å². The van der Waals surface area contributed by atoms with Crippen LogP contribution in [0.5, 0.6) is 0 Å². The Balaban J connectivity index is 4.54. The third-order valence-electron chi connectivity index (χ3n) is 1.94. The molecule has 0 aliphatic rings. The molecule has 0 radical (unpaired) electrons. The fraction of sp³-hybridized carbons (Fsp3) is 0.714. The van der Waals surface area contributed by atoms with E-state index in [4.69, 9.17) is 20.4 Å². The maximum atomic E-state index is 8.81. The van der Waals surface area contributed by atoms with E-state index in [-0.39, 0.29) is 19.8 Å². The molecule has 66 valence electrons. The van der Waals surface area contributed by atoms with Gasteiger partial charge in [0.1, 0.15) is 0 Å². The monoisotopic (exact) mass is 162 g/mol. The molecular formula is C7H14O4. The molecule has 0 spiro atoms. The van der Waals surface area contributed by atoms with E-state index in [9.17, 15) is 0 Å². The van der Waals surface area contributed by atoms with E-state index in [0.29, 0.717) is 5.57 Å². The topological polar surface area (TPSA) is 80.9 Å². The van der Waals surface area contributed by atoms with Gasteiger partial charge in [0.05, 0.1) is 31.5 Å². The smallest absolute Gasteiger partial charge is 0.0789 e. The van der Waals surface area contributed by atoms with Gasteiger partial charge in [0.2, 0.25) is 0 Å². The Morgan fingerprint density at radius 1 is 1.18 bits per heavy atom. The highest BCUT2D eigenvalue weighted by Gasteiger charge is 2.30. The first-order valence-corrected chi connectivity index (χ1v) is 3.31. The second-order valence-electron chi connectivity index (χ2n) is 2.57. The molecule has 11 heavy (non-hydrogen) atoms. The van der Waals surface area contributed by atoms with Gasteiger partial charge in [-0.2, -0.15) is 0 Å². The highest BCUT2D eigenvalue weighted by molar-refractivity contribution is 5.09. The quantitative estimate of drug-likeness (QED) is 0.416. The number of hydrogen-bond donors (Lipinski definition) is 4. The lowest BCUT2D eigenvalue weighted by Crippen LogP contribution is -2.35. The largest absolute Gasteiger partial charge is 0.516 e. The van der Waals surface area contributed by atoms with Gasteiger partial charge in [0.25, 0.3) is 0 Å². The molecule has 0 saturated carbocycles. The lowest BCUT2D eigenvalue weighted by Gasteiger charge is -2.27. The van der Waals surface area contributed by atoms with Gasteiger partial charge in [0, 0.05) is 0 Å². The molecule has 0 unspecified atom stereocenters. The van der Waals surface area contributed by atoms with Crippen LogP contribution >= 0.6 is 0 Å². The van der Waals surface area contributed by atoms with Crippen LogP contribution in [0.15, 0.2) is 11.8 Å². The number of aliphatic hydroxyl groups is 4. The van der Waals surface area contributed by atoms with Gasteiger partial charge in [-0.05, 0) is 12.5 Å². The molecule has 0 fully saturated rings. The Labute approximate surface area is 65.4 Å². The van der Waals surface area contributed by atoms with Crippen molar-refractivity contribution in [1.29, 1.82) is 0 Å². The minimum atomic E-state index is -1.09. The lowest BCUT2D eigenvalue weighted by atomic mass is 9.84. The zero-order chi connectivity index (χ0) is 8.91. The third kappa shape index (κ3) is 1.92. The van der Waals surface area contributed by atoms with Crippen molar-refractivity contribution in [2.24, 2.45) is 5.41 Å². The third-order valence-corrected chi connectivity index (χ3v) is 1.94. The van der Waals surface area contributed by atoms with Gasteiger partial charge in [-0.1, -0.05) is 0 Å². The van der Waals surface area contributed by atoms with Gasteiger partial charge in [-0.3, -0.25) is 0 Å². The molecule has 0 aromatic rings. The second kappa shape index (κ2) is 4.33. The molecule has 0 aliphatic carbocycles. The first-order chi connectivity index (χ1) is 5.16. The van der Waals surface area contributed by atoms with Crippen LogP contribution in [0.4, 0.5) is 0 Å². The van der Waals surface area contributed by atoms with Crippen molar-refractivity contribution >= 4 is 0 Å². The molecular weight excluding hydrogens is 148 g/mol. The predicted molar refractivity (Wildman–Crippen MR) is 40.1 cm³/mol. The molecule has 4 nitrogen and oxygen atoms in total. The van der Waals surface area contributed by atoms with Crippen LogP contribution in [-0.2, 0) is 0 Å². The van der Waals surface area contributed by atoms with Crippen LogP contribution in [0.25, 0.3) is 0 Å². The van der Waals surface area contributed by atoms with Gasteiger partial charge in [-0.25, -0.2) is 0 Å². The summed E-state index contributed by atoms with van der Waals surface area (Å²) in [7, 11) is 0. The molecule has 4 heteroatoms. The highest BCUT2D eigenvalue weighted by Crippen LogP contribution is 2.24. The fourth-order valence-corrected chi connectivity index (χ4v) is 0.661. The summed E-state index contributed by atoms with van der Waals surface area (Å²) in [6.45, 7) is 0.372. The minimum Gasteiger partial charge on any atom is -0.516 e. The van der Waals surface area contributed by atoms with E-state index in [2.05, 4.69) is 0 Å². The summed E-state index contributed by atoms with van der Waals surface area (Å²) in [6, 6.07) is 0. The van der Waals surface area contributed by atoms with Crippen LogP contribution in [-0.4, -0.2) is 40.2 Å². The summed E-state index contributed by atoms with van der Waals surface area (Å²) in [6.07, 6.45) is 0.780. The summed E-state index contributed by atoms with van der Waals surface area (Å²) in [5.41, 5.74) is -0.723. The zero-order valence-electron chi connectivity index (χ0n) is 6.49. The first-order valence-electron chi connectivity index (χ1n) is 3.31. The predicted octanol–water partition coefficient (Wildman–Crippen LogP) is -0.589. The van der Waals surface area contributed by atoms with Crippen molar-refractivity contribution in [3.8, 4) is 0 Å². The molecule has 0 saturated heterocycles. The molecule has 0 aliphatic heterocycles. The van der Waals surface area contributed by atoms with E-state index < -0.39 is 5.41 Å². The number of aliphatic hydroxyl groups excluding tert-OH is 4. The summed E-state index contributed by atoms with van der Waals surface area (Å²) >= 11 is 0. The van der Waals surface area contributed by atoms with Crippen molar-refractivity contribution < 1.29 is 20.4 Å². The Morgan fingerprint density at radius 2 is 1.55 bits per heavy atom. The van der Waals surface area contributed by atoms with Crippen molar-refractivity contribution in [2.75, 3.05) is 19.8 Å². The molecule has 0 amide bonds. The Morgan fingerprint density at radius 3 is 1.64 bits per heavy atom. The van der Waals surface area contributed by atoms with E-state index >= 15 is 0 Å². The normalized spacial score (nSPS) is 13.6. The SMILES string of the molecule is C/C(=C\O)C(CO)(CO)CO. The summed E-state index contributed by atoms with van der Waals surface area (Å²) in [5, 5.41) is 35.0. The maximum absolute atomic E-state index is 8.81.